The maximum atomic E-state index is 12.3. The molecule has 0 spiro atoms. The molecule has 1 saturated carbocycles. The van der Waals surface area contributed by atoms with Gasteiger partial charge in [-0.15, -0.1) is 0 Å². The van der Waals surface area contributed by atoms with E-state index in [1.807, 2.05) is 0 Å². The molecular weight excluding hydrogens is 212 g/mol. The Bertz CT molecular complexity index is 265. The van der Waals surface area contributed by atoms with Crippen molar-refractivity contribution in [3.63, 3.8) is 0 Å². The molecule has 0 aromatic carbocycles. The maximum Gasteiger partial charge on any atom is 0.239 e. The first-order chi connectivity index (χ1) is 8.24. The zero-order valence-electron chi connectivity index (χ0n) is 11.0. The summed E-state index contributed by atoms with van der Waals surface area (Å²) in [5.74, 6) is 0.971. The summed E-state index contributed by atoms with van der Waals surface area (Å²) in [5, 5.41) is 0. The Kier molecular flexibility index (Phi) is 4.43. The molecule has 2 unspecified atom stereocenters. The number of piperidine rings is 1. The Balaban J connectivity index is 2.00. The minimum Gasteiger partial charge on any atom is -0.338 e. The smallest absolute Gasteiger partial charge is 0.239 e. The molecule has 3 heteroatoms. The highest BCUT2D eigenvalue weighted by molar-refractivity contribution is 5.82. The fourth-order valence-electron chi connectivity index (χ4n) is 3.55. The van der Waals surface area contributed by atoms with Crippen LogP contribution in [0.25, 0.3) is 0 Å². The van der Waals surface area contributed by atoms with Gasteiger partial charge in [-0.1, -0.05) is 26.2 Å². The second-order valence-electron chi connectivity index (χ2n) is 5.68. The van der Waals surface area contributed by atoms with Crippen LogP contribution in [-0.4, -0.2) is 29.4 Å². The first-order valence-corrected chi connectivity index (χ1v) is 7.30. The van der Waals surface area contributed by atoms with Crippen molar-refractivity contribution in [2.24, 2.45) is 11.7 Å². The molecule has 2 rings (SSSR count). The summed E-state index contributed by atoms with van der Waals surface area (Å²) in [7, 11) is 0. The lowest BCUT2D eigenvalue weighted by Crippen LogP contribution is -2.54. The van der Waals surface area contributed by atoms with Crippen molar-refractivity contribution in [1.29, 1.82) is 0 Å². The molecular formula is C14H26N2O. The van der Waals surface area contributed by atoms with Crippen LogP contribution in [-0.2, 0) is 4.79 Å². The van der Waals surface area contributed by atoms with Crippen LogP contribution in [0.3, 0.4) is 0 Å². The van der Waals surface area contributed by atoms with Crippen LogP contribution in [0.5, 0.6) is 0 Å². The van der Waals surface area contributed by atoms with Gasteiger partial charge in [-0.3, -0.25) is 4.79 Å². The Hall–Kier alpha value is -0.570. The molecule has 0 radical (unpaired) electrons. The van der Waals surface area contributed by atoms with E-state index in [4.69, 9.17) is 5.73 Å². The predicted octanol–water partition coefficient (Wildman–Crippen LogP) is 2.29. The van der Waals surface area contributed by atoms with Crippen molar-refractivity contribution in [2.75, 3.05) is 6.54 Å². The molecule has 1 aliphatic carbocycles. The molecule has 0 aromatic heterocycles. The number of hydrogen-bond acceptors (Lipinski definition) is 2. The molecule has 17 heavy (non-hydrogen) atoms. The number of nitrogens with zero attached hydrogens (tertiary/aromatic N) is 1. The summed E-state index contributed by atoms with van der Waals surface area (Å²) < 4.78 is 0. The van der Waals surface area contributed by atoms with Gasteiger partial charge in [-0.05, 0) is 38.0 Å². The van der Waals surface area contributed by atoms with Crippen LogP contribution >= 0.6 is 0 Å². The highest BCUT2D eigenvalue weighted by atomic mass is 16.2. The van der Waals surface area contributed by atoms with E-state index in [1.54, 1.807) is 0 Å². The third kappa shape index (κ3) is 2.82. The molecule has 0 bridgehead atoms. The minimum atomic E-state index is -0.263. The maximum absolute atomic E-state index is 12.3. The Labute approximate surface area is 105 Å². The minimum absolute atomic E-state index is 0.212. The van der Waals surface area contributed by atoms with E-state index in [2.05, 4.69) is 11.8 Å². The predicted molar refractivity (Wildman–Crippen MR) is 69.6 cm³/mol. The monoisotopic (exact) mass is 238 g/mol. The van der Waals surface area contributed by atoms with Crippen LogP contribution in [0.4, 0.5) is 0 Å². The van der Waals surface area contributed by atoms with Gasteiger partial charge in [-0.2, -0.15) is 0 Å². The first kappa shape index (κ1) is 12.9. The molecule has 2 aliphatic rings. The Morgan fingerprint density at radius 1 is 1.29 bits per heavy atom. The van der Waals surface area contributed by atoms with E-state index in [-0.39, 0.29) is 11.9 Å². The molecule has 1 heterocycles. The van der Waals surface area contributed by atoms with Gasteiger partial charge in [0.1, 0.15) is 0 Å². The standard InChI is InChI=1S/C14H26N2O/c1-2-6-12(15)14(17)16-10-5-8-11-7-3-4-9-13(11)16/h11-13H,2-10,15H2,1H3/t11?,12-,13?/m1/s1. The zero-order valence-corrected chi connectivity index (χ0v) is 11.0. The lowest BCUT2D eigenvalue weighted by Gasteiger charge is -2.45. The lowest BCUT2D eigenvalue weighted by molar-refractivity contribution is -0.139. The van der Waals surface area contributed by atoms with Gasteiger partial charge in [0.15, 0.2) is 0 Å². The van der Waals surface area contributed by atoms with Crippen LogP contribution in [0.2, 0.25) is 0 Å². The molecule has 3 atom stereocenters. The first-order valence-electron chi connectivity index (χ1n) is 7.30. The van der Waals surface area contributed by atoms with Crippen molar-refractivity contribution in [2.45, 2.75) is 70.4 Å². The number of likely N-dealkylation sites (tertiary alicyclic amines) is 1. The van der Waals surface area contributed by atoms with Crippen LogP contribution in [0.1, 0.15) is 58.3 Å². The molecule has 1 amide bonds. The molecule has 3 nitrogen and oxygen atoms in total. The lowest BCUT2D eigenvalue weighted by atomic mass is 9.78. The van der Waals surface area contributed by atoms with E-state index in [0.29, 0.717) is 6.04 Å². The summed E-state index contributed by atoms with van der Waals surface area (Å²) in [6.45, 7) is 3.03. The topological polar surface area (TPSA) is 46.3 Å². The summed E-state index contributed by atoms with van der Waals surface area (Å²) in [4.78, 5) is 14.5. The van der Waals surface area contributed by atoms with Crippen LogP contribution in [0, 0.1) is 5.92 Å². The van der Waals surface area contributed by atoms with Gasteiger partial charge in [0.05, 0.1) is 6.04 Å². The molecule has 2 N–H and O–H groups in total. The summed E-state index contributed by atoms with van der Waals surface area (Å²) in [6, 6.07) is 0.244. The highest BCUT2D eigenvalue weighted by Crippen LogP contribution is 2.35. The zero-order chi connectivity index (χ0) is 12.3. The summed E-state index contributed by atoms with van der Waals surface area (Å²) in [5.41, 5.74) is 5.99. The number of amides is 1. The SMILES string of the molecule is CCC[C@@H](N)C(=O)N1CCCC2CCCCC21. The fourth-order valence-corrected chi connectivity index (χ4v) is 3.55. The van der Waals surface area contributed by atoms with Crippen LogP contribution < -0.4 is 5.73 Å². The number of fused-ring (bicyclic) bond motifs is 1. The largest absolute Gasteiger partial charge is 0.338 e. The van der Waals surface area contributed by atoms with Gasteiger partial charge in [0, 0.05) is 12.6 Å². The van der Waals surface area contributed by atoms with Gasteiger partial charge < -0.3 is 10.6 Å². The average molecular weight is 238 g/mol. The summed E-state index contributed by atoms with van der Waals surface area (Å²) in [6.07, 6.45) is 9.47. The Morgan fingerprint density at radius 3 is 2.76 bits per heavy atom. The number of hydrogen-bond donors (Lipinski definition) is 1. The highest BCUT2D eigenvalue weighted by Gasteiger charge is 2.36. The Morgan fingerprint density at radius 2 is 2.00 bits per heavy atom. The van der Waals surface area contributed by atoms with Crippen molar-refractivity contribution in [3.05, 3.63) is 0 Å². The van der Waals surface area contributed by atoms with Crippen molar-refractivity contribution >= 4 is 5.91 Å². The van der Waals surface area contributed by atoms with Crippen molar-refractivity contribution < 1.29 is 4.79 Å². The second-order valence-corrected chi connectivity index (χ2v) is 5.68. The van der Waals surface area contributed by atoms with Crippen LogP contribution in [0.15, 0.2) is 0 Å². The molecule has 2 fully saturated rings. The van der Waals surface area contributed by atoms with E-state index in [9.17, 15) is 4.79 Å². The van der Waals surface area contributed by atoms with Crippen molar-refractivity contribution in [1.82, 2.24) is 4.90 Å². The molecule has 1 aliphatic heterocycles. The number of carbonyl (C=O) groups excluding carboxylic acids is 1. The third-order valence-corrected chi connectivity index (χ3v) is 4.44. The van der Waals surface area contributed by atoms with Gasteiger partial charge in [0.2, 0.25) is 5.91 Å². The third-order valence-electron chi connectivity index (χ3n) is 4.44. The second kappa shape index (κ2) is 5.85. The quantitative estimate of drug-likeness (QED) is 0.820. The van der Waals surface area contributed by atoms with Crippen molar-refractivity contribution in [3.8, 4) is 0 Å². The van der Waals surface area contributed by atoms with E-state index < -0.39 is 0 Å². The van der Waals surface area contributed by atoms with Gasteiger partial charge in [-0.25, -0.2) is 0 Å². The normalized spacial score (nSPS) is 30.8. The summed E-state index contributed by atoms with van der Waals surface area (Å²) >= 11 is 0. The molecule has 1 saturated heterocycles. The van der Waals surface area contributed by atoms with E-state index >= 15 is 0 Å². The van der Waals surface area contributed by atoms with Gasteiger partial charge in [0.25, 0.3) is 0 Å². The number of rotatable bonds is 3. The van der Waals surface area contributed by atoms with E-state index in [0.717, 1.165) is 25.3 Å². The molecule has 98 valence electrons. The number of carbonyl (C=O) groups is 1. The number of nitrogens with two attached hydrogens (primary N) is 1. The fraction of sp³-hybridized carbons (Fsp3) is 0.929. The van der Waals surface area contributed by atoms with E-state index in [1.165, 1.54) is 38.5 Å². The van der Waals surface area contributed by atoms with Gasteiger partial charge >= 0.3 is 0 Å². The molecule has 0 aromatic rings. The average Bonchev–Trinajstić information content (AvgIpc) is 2.37.